The molecule has 3 nitrogen and oxygen atoms in total. The molecule has 0 aromatic heterocycles. The van der Waals surface area contributed by atoms with E-state index in [2.05, 4.69) is 12.2 Å². The van der Waals surface area contributed by atoms with E-state index in [1.165, 1.54) is 6.07 Å². The minimum absolute atomic E-state index is 0.198. The van der Waals surface area contributed by atoms with E-state index in [0.717, 1.165) is 29.7 Å². The average molecular weight is 317 g/mol. The van der Waals surface area contributed by atoms with Crippen LogP contribution in [0.15, 0.2) is 48.5 Å². The van der Waals surface area contributed by atoms with Crippen LogP contribution in [0.4, 0.5) is 4.39 Å². The first kappa shape index (κ1) is 17.4. The molecule has 0 spiro atoms. The molecule has 0 radical (unpaired) electrons. The predicted molar refractivity (Wildman–Crippen MR) is 90.1 cm³/mol. The van der Waals surface area contributed by atoms with E-state index in [-0.39, 0.29) is 11.9 Å². The first-order valence-electron chi connectivity index (χ1n) is 7.88. The maximum Gasteiger partial charge on any atom is 0.123 e. The summed E-state index contributed by atoms with van der Waals surface area (Å²) >= 11 is 0. The van der Waals surface area contributed by atoms with Gasteiger partial charge in [-0.3, -0.25) is 0 Å². The van der Waals surface area contributed by atoms with Crippen molar-refractivity contribution >= 4 is 0 Å². The highest BCUT2D eigenvalue weighted by Gasteiger charge is 2.10. The van der Waals surface area contributed by atoms with Gasteiger partial charge in [0, 0.05) is 12.6 Å². The smallest absolute Gasteiger partial charge is 0.123 e. The van der Waals surface area contributed by atoms with Crippen LogP contribution in [-0.4, -0.2) is 24.8 Å². The molecule has 2 N–H and O–H groups in total. The monoisotopic (exact) mass is 317 g/mol. The molecule has 0 bridgehead atoms. The van der Waals surface area contributed by atoms with Crippen molar-refractivity contribution in [1.82, 2.24) is 5.32 Å². The van der Waals surface area contributed by atoms with E-state index in [9.17, 15) is 9.50 Å². The second-order valence-electron chi connectivity index (χ2n) is 5.77. The van der Waals surface area contributed by atoms with Gasteiger partial charge in [-0.15, -0.1) is 0 Å². The quantitative estimate of drug-likeness (QED) is 0.783. The van der Waals surface area contributed by atoms with Crippen LogP contribution < -0.4 is 10.1 Å². The molecular formula is C19H24FNO2. The van der Waals surface area contributed by atoms with E-state index >= 15 is 0 Å². The predicted octanol–water partition coefficient (Wildman–Crippen LogP) is 3.48. The average Bonchev–Trinajstić information content (AvgIpc) is 2.58. The molecule has 0 amide bonds. The lowest BCUT2D eigenvalue weighted by molar-refractivity contribution is 0.169. The largest absolute Gasteiger partial charge is 0.497 e. The van der Waals surface area contributed by atoms with Crippen molar-refractivity contribution in [2.24, 2.45) is 0 Å². The minimum Gasteiger partial charge on any atom is -0.497 e. The third-order valence-corrected chi connectivity index (χ3v) is 3.89. The van der Waals surface area contributed by atoms with Gasteiger partial charge >= 0.3 is 0 Å². The SMILES string of the molecule is COc1cccc(C(O)CNC(C)CCc2cccc(F)c2)c1. The van der Waals surface area contributed by atoms with E-state index in [1.807, 2.05) is 30.3 Å². The first-order chi connectivity index (χ1) is 11.1. The van der Waals surface area contributed by atoms with Gasteiger partial charge in [-0.1, -0.05) is 24.3 Å². The second-order valence-corrected chi connectivity index (χ2v) is 5.77. The van der Waals surface area contributed by atoms with Crippen molar-refractivity contribution in [3.05, 3.63) is 65.5 Å². The highest BCUT2D eigenvalue weighted by molar-refractivity contribution is 5.29. The van der Waals surface area contributed by atoms with Gasteiger partial charge in [0.25, 0.3) is 0 Å². The first-order valence-corrected chi connectivity index (χ1v) is 7.88. The Labute approximate surface area is 137 Å². The van der Waals surface area contributed by atoms with Crippen molar-refractivity contribution in [2.45, 2.75) is 31.9 Å². The minimum atomic E-state index is -0.582. The highest BCUT2D eigenvalue weighted by atomic mass is 19.1. The molecule has 2 aromatic carbocycles. The third kappa shape index (κ3) is 5.66. The molecule has 0 aliphatic rings. The van der Waals surface area contributed by atoms with Crippen LogP contribution >= 0.6 is 0 Å². The fourth-order valence-electron chi connectivity index (χ4n) is 2.46. The number of benzene rings is 2. The molecule has 2 atom stereocenters. The van der Waals surface area contributed by atoms with Gasteiger partial charge in [-0.2, -0.15) is 0 Å². The number of aliphatic hydroxyl groups excluding tert-OH is 1. The van der Waals surface area contributed by atoms with Crippen LogP contribution in [0.5, 0.6) is 5.75 Å². The Morgan fingerprint density at radius 2 is 1.96 bits per heavy atom. The van der Waals surface area contributed by atoms with Gasteiger partial charge in [0.05, 0.1) is 13.2 Å². The Hall–Kier alpha value is -1.91. The molecule has 4 heteroatoms. The summed E-state index contributed by atoms with van der Waals surface area (Å²) in [4.78, 5) is 0. The van der Waals surface area contributed by atoms with Crippen molar-refractivity contribution in [3.63, 3.8) is 0 Å². The number of aryl methyl sites for hydroxylation is 1. The normalized spacial score (nSPS) is 13.6. The molecule has 2 aromatic rings. The molecule has 23 heavy (non-hydrogen) atoms. The number of halogens is 1. The number of hydrogen-bond acceptors (Lipinski definition) is 3. The van der Waals surface area contributed by atoms with Crippen LogP contribution in [0.1, 0.15) is 30.6 Å². The standard InChI is InChI=1S/C19H24FNO2/c1-14(9-10-15-5-3-7-17(20)11-15)21-13-19(22)16-6-4-8-18(12-16)23-2/h3-8,11-12,14,19,21-22H,9-10,13H2,1-2H3. The van der Waals surface area contributed by atoms with Crippen LogP contribution in [0, 0.1) is 5.82 Å². The Morgan fingerprint density at radius 1 is 1.17 bits per heavy atom. The fraction of sp³-hybridized carbons (Fsp3) is 0.368. The number of aliphatic hydroxyl groups is 1. The lowest BCUT2D eigenvalue weighted by atomic mass is 10.1. The second kappa shape index (κ2) is 8.65. The summed E-state index contributed by atoms with van der Waals surface area (Å²) in [6, 6.07) is 14.4. The number of nitrogens with one attached hydrogen (secondary N) is 1. The van der Waals surface area contributed by atoms with Gasteiger partial charge in [-0.25, -0.2) is 4.39 Å². The van der Waals surface area contributed by atoms with E-state index < -0.39 is 6.10 Å². The van der Waals surface area contributed by atoms with Gasteiger partial charge in [0.2, 0.25) is 0 Å². The zero-order valence-electron chi connectivity index (χ0n) is 13.6. The summed E-state index contributed by atoms with van der Waals surface area (Å²) in [5.74, 6) is 0.539. The Morgan fingerprint density at radius 3 is 2.70 bits per heavy atom. The van der Waals surface area contributed by atoms with Crippen molar-refractivity contribution in [2.75, 3.05) is 13.7 Å². The molecular weight excluding hydrogens is 293 g/mol. The number of ether oxygens (including phenoxy) is 1. The molecule has 0 aliphatic heterocycles. The molecule has 2 rings (SSSR count). The third-order valence-electron chi connectivity index (χ3n) is 3.89. The van der Waals surface area contributed by atoms with Crippen molar-refractivity contribution in [1.29, 1.82) is 0 Å². The maximum absolute atomic E-state index is 13.1. The number of rotatable bonds is 8. The van der Waals surface area contributed by atoms with Crippen molar-refractivity contribution in [3.8, 4) is 5.75 Å². The van der Waals surface area contributed by atoms with Gasteiger partial charge in [-0.05, 0) is 55.2 Å². The van der Waals surface area contributed by atoms with E-state index in [0.29, 0.717) is 6.54 Å². The maximum atomic E-state index is 13.1. The molecule has 2 unspecified atom stereocenters. The lowest BCUT2D eigenvalue weighted by Gasteiger charge is -2.18. The molecule has 0 heterocycles. The topological polar surface area (TPSA) is 41.5 Å². The molecule has 0 aliphatic carbocycles. The van der Waals surface area contributed by atoms with Gasteiger partial charge in [0.15, 0.2) is 0 Å². The number of hydrogen-bond donors (Lipinski definition) is 2. The van der Waals surface area contributed by atoms with E-state index in [4.69, 9.17) is 4.74 Å². The Bertz CT molecular complexity index is 618. The van der Waals surface area contributed by atoms with Crippen molar-refractivity contribution < 1.29 is 14.2 Å². The van der Waals surface area contributed by atoms with E-state index in [1.54, 1.807) is 19.2 Å². The zero-order valence-corrected chi connectivity index (χ0v) is 13.6. The van der Waals surface area contributed by atoms with Crippen LogP contribution in [0.3, 0.4) is 0 Å². The molecule has 0 fully saturated rings. The summed E-state index contributed by atoms with van der Waals surface area (Å²) in [6.45, 7) is 2.54. The Balaban J connectivity index is 1.78. The summed E-state index contributed by atoms with van der Waals surface area (Å²) in [5, 5.41) is 13.6. The zero-order chi connectivity index (χ0) is 16.7. The summed E-state index contributed by atoms with van der Waals surface area (Å²) in [7, 11) is 1.61. The van der Waals surface area contributed by atoms with Crippen LogP contribution in [-0.2, 0) is 6.42 Å². The Kier molecular flexibility index (Phi) is 6.56. The highest BCUT2D eigenvalue weighted by Crippen LogP contribution is 2.18. The molecule has 0 saturated carbocycles. The van der Waals surface area contributed by atoms with Gasteiger partial charge in [0.1, 0.15) is 11.6 Å². The van der Waals surface area contributed by atoms with Gasteiger partial charge < -0.3 is 15.2 Å². The molecule has 124 valence electrons. The summed E-state index contributed by atoms with van der Waals surface area (Å²) < 4.78 is 18.3. The summed E-state index contributed by atoms with van der Waals surface area (Å²) in [5.41, 5.74) is 1.82. The fourth-order valence-corrected chi connectivity index (χ4v) is 2.46. The molecule has 0 saturated heterocycles. The lowest BCUT2D eigenvalue weighted by Crippen LogP contribution is -2.30. The number of methoxy groups -OCH3 is 1. The van der Waals surface area contributed by atoms with Crippen LogP contribution in [0.2, 0.25) is 0 Å². The van der Waals surface area contributed by atoms with Crippen LogP contribution in [0.25, 0.3) is 0 Å². The summed E-state index contributed by atoms with van der Waals surface area (Å²) in [6.07, 6.45) is 1.11.